The second kappa shape index (κ2) is 11.2. The topological polar surface area (TPSA) is 95.3 Å². The second-order valence-corrected chi connectivity index (χ2v) is 9.59. The number of carbonyl (C=O) groups excluding carboxylic acids is 1. The number of aromatic nitrogens is 3. The Morgan fingerprint density at radius 2 is 1.76 bits per heavy atom. The molecular weight excluding hydrogens is 530 g/mol. The molecule has 0 fully saturated rings. The number of carbonyl (C=O) groups is 1. The fourth-order valence-corrected chi connectivity index (χ4v) is 4.54. The molecule has 3 heterocycles. The first-order valence-electron chi connectivity index (χ1n) is 12.8. The number of hydrogen-bond donors (Lipinski definition) is 1. The van der Waals surface area contributed by atoms with E-state index in [1.54, 1.807) is 23.6 Å². The molecule has 0 spiro atoms. The lowest BCUT2D eigenvalue weighted by Gasteiger charge is -2.20. The third kappa shape index (κ3) is 5.49. The van der Waals surface area contributed by atoms with E-state index in [9.17, 15) is 14.0 Å². The highest BCUT2D eigenvalue weighted by molar-refractivity contribution is 6.04. The summed E-state index contributed by atoms with van der Waals surface area (Å²) in [7, 11) is 1.52. The molecule has 3 aromatic heterocycles. The van der Waals surface area contributed by atoms with Crippen molar-refractivity contribution in [2.75, 3.05) is 12.4 Å². The molecule has 41 heavy (non-hydrogen) atoms. The van der Waals surface area contributed by atoms with Gasteiger partial charge in [-0.15, -0.1) is 0 Å². The first-order chi connectivity index (χ1) is 19.7. The molecule has 5 rings (SSSR count). The quantitative estimate of drug-likeness (QED) is 0.240. The summed E-state index contributed by atoms with van der Waals surface area (Å²) in [6, 6.07) is 12.6. The number of hydrogen-bond acceptors (Lipinski definition) is 6. The fraction of sp³-hybridized carbons (Fsp3) is 0.161. The van der Waals surface area contributed by atoms with Gasteiger partial charge in [0.05, 0.1) is 18.8 Å². The largest absolute Gasteiger partial charge is 0.495 e. The summed E-state index contributed by atoms with van der Waals surface area (Å²) >= 11 is 0. The van der Waals surface area contributed by atoms with E-state index < -0.39 is 23.0 Å². The Bertz CT molecular complexity index is 1840. The van der Waals surface area contributed by atoms with Crippen molar-refractivity contribution in [1.29, 1.82) is 0 Å². The lowest BCUT2D eigenvalue weighted by atomic mass is 10.00. The van der Waals surface area contributed by atoms with Crippen LogP contribution in [0.2, 0.25) is 0 Å². The molecule has 0 atom stereocenters. The Balaban J connectivity index is 1.44. The Morgan fingerprint density at radius 1 is 1.00 bits per heavy atom. The maximum absolute atomic E-state index is 15.1. The van der Waals surface area contributed by atoms with Crippen molar-refractivity contribution >= 4 is 22.6 Å². The monoisotopic (exact) mass is 556 g/mol. The van der Waals surface area contributed by atoms with Crippen molar-refractivity contribution in [3.05, 3.63) is 106 Å². The lowest BCUT2D eigenvalue weighted by molar-refractivity contribution is 0.102. The van der Waals surface area contributed by atoms with E-state index in [-0.39, 0.29) is 34.4 Å². The summed E-state index contributed by atoms with van der Waals surface area (Å²) in [5, 5.41) is 2.60. The van der Waals surface area contributed by atoms with Gasteiger partial charge >= 0.3 is 0 Å². The van der Waals surface area contributed by atoms with Gasteiger partial charge < -0.3 is 19.4 Å². The Hall–Kier alpha value is -5.12. The zero-order valence-electron chi connectivity index (χ0n) is 22.7. The number of rotatable bonds is 7. The summed E-state index contributed by atoms with van der Waals surface area (Å²) in [4.78, 5) is 35.3. The summed E-state index contributed by atoms with van der Waals surface area (Å²) in [6.45, 7) is 5.60. The highest BCUT2D eigenvalue weighted by Gasteiger charge is 2.21. The minimum Gasteiger partial charge on any atom is -0.495 e. The molecule has 5 aromatic rings. The van der Waals surface area contributed by atoms with Gasteiger partial charge in [0, 0.05) is 53.6 Å². The van der Waals surface area contributed by atoms with Crippen molar-refractivity contribution in [3.63, 3.8) is 0 Å². The van der Waals surface area contributed by atoms with Gasteiger partial charge in [0.15, 0.2) is 17.3 Å². The first-order valence-corrected chi connectivity index (χ1v) is 12.8. The number of halogens is 2. The normalized spacial score (nSPS) is 11.1. The number of nitrogens with one attached hydrogen (secondary N) is 1. The van der Waals surface area contributed by atoms with Gasteiger partial charge in [0.25, 0.3) is 5.91 Å². The average molecular weight is 557 g/mol. The smallest absolute Gasteiger partial charge is 0.261 e. The Kier molecular flexibility index (Phi) is 7.47. The number of ether oxygens (including phenoxy) is 2. The van der Waals surface area contributed by atoms with Gasteiger partial charge in [-0.2, -0.15) is 0 Å². The van der Waals surface area contributed by atoms with E-state index in [0.717, 1.165) is 6.07 Å². The van der Waals surface area contributed by atoms with E-state index in [4.69, 9.17) is 9.47 Å². The average Bonchev–Trinajstić information content (AvgIpc) is 2.95. The Labute approximate surface area is 234 Å². The van der Waals surface area contributed by atoms with Crippen molar-refractivity contribution < 1.29 is 23.0 Å². The zero-order chi connectivity index (χ0) is 29.3. The number of benzene rings is 2. The van der Waals surface area contributed by atoms with Gasteiger partial charge in [-0.05, 0) is 50.6 Å². The standard InChI is InChI=1S/C31H26F2N4O4/c1-17(2)37-16-23(30(38)28(18(37)3)19-5-7-20(32)8-6-19)31(39)36-21-9-10-26(24(33)13-21)41-27-11-12-34-25-14-22(40-4)15-35-29(25)27/h5-17H,1-4H3,(H,36,39). The zero-order valence-corrected chi connectivity index (χ0v) is 22.7. The van der Waals surface area contributed by atoms with Crippen LogP contribution >= 0.6 is 0 Å². The van der Waals surface area contributed by atoms with Crippen LogP contribution in [-0.2, 0) is 0 Å². The molecule has 0 aliphatic rings. The van der Waals surface area contributed by atoms with Crippen LogP contribution in [0.3, 0.4) is 0 Å². The minimum atomic E-state index is -0.739. The van der Waals surface area contributed by atoms with Crippen LogP contribution in [0.15, 0.2) is 78.0 Å². The number of amides is 1. The molecule has 0 unspecified atom stereocenters. The van der Waals surface area contributed by atoms with Gasteiger partial charge in [-0.3, -0.25) is 14.6 Å². The molecule has 0 radical (unpaired) electrons. The number of pyridine rings is 3. The van der Waals surface area contributed by atoms with Crippen LogP contribution in [0, 0.1) is 18.6 Å². The molecule has 2 aromatic carbocycles. The Morgan fingerprint density at radius 3 is 2.44 bits per heavy atom. The predicted octanol–water partition coefficient (Wildman–Crippen LogP) is 6.68. The van der Waals surface area contributed by atoms with E-state index in [0.29, 0.717) is 28.0 Å². The molecule has 1 N–H and O–H groups in total. The molecule has 0 bridgehead atoms. The summed E-state index contributed by atoms with van der Waals surface area (Å²) in [5.74, 6) is -1.17. The molecule has 10 heteroatoms. The fourth-order valence-electron chi connectivity index (χ4n) is 4.54. The molecule has 0 saturated carbocycles. The van der Waals surface area contributed by atoms with Crippen LogP contribution in [0.1, 0.15) is 35.9 Å². The van der Waals surface area contributed by atoms with Gasteiger partial charge in [-0.25, -0.2) is 13.8 Å². The van der Waals surface area contributed by atoms with Crippen molar-refractivity contribution in [1.82, 2.24) is 14.5 Å². The van der Waals surface area contributed by atoms with E-state index in [1.165, 1.54) is 62.1 Å². The molecule has 8 nitrogen and oxygen atoms in total. The molecule has 0 aliphatic carbocycles. The van der Waals surface area contributed by atoms with E-state index >= 15 is 4.39 Å². The van der Waals surface area contributed by atoms with Crippen molar-refractivity contribution in [2.45, 2.75) is 26.8 Å². The number of nitrogens with zero attached hydrogens (tertiary/aromatic N) is 3. The lowest BCUT2D eigenvalue weighted by Crippen LogP contribution is -2.26. The van der Waals surface area contributed by atoms with E-state index in [2.05, 4.69) is 15.3 Å². The van der Waals surface area contributed by atoms with Gasteiger partial charge in [0.1, 0.15) is 22.6 Å². The SMILES string of the molecule is COc1cnc2c(Oc3ccc(NC(=O)c4cn(C(C)C)c(C)c(-c5ccc(F)cc5)c4=O)cc3F)ccnc2c1. The van der Waals surface area contributed by atoms with E-state index in [1.807, 2.05) is 13.8 Å². The maximum Gasteiger partial charge on any atom is 0.261 e. The molecule has 1 amide bonds. The molecular formula is C31H26F2N4O4. The van der Waals surface area contributed by atoms with Gasteiger partial charge in [0.2, 0.25) is 5.43 Å². The first kappa shape index (κ1) is 27.4. The van der Waals surface area contributed by atoms with Crippen molar-refractivity contribution in [2.24, 2.45) is 0 Å². The summed E-state index contributed by atoms with van der Waals surface area (Å²) in [5.41, 5.74) is 1.82. The third-order valence-electron chi connectivity index (χ3n) is 6.58. The molecule has 208 valence electrons. The number of anilines is 1. The van der Waals surface area contributed by atoms with Crippen LogP contribution in [0.25, 0.3) is 22.2 Å². The summed E-state index contributed by atoms with van der Waals surface area (Å²) < 4.78 is 41.4. The third-order valence-corrected chi connectivity index (χ3v) is 6.58. The number of methoxy groups -OCH3 is 1. The highest BCUT2D eigenvalue weighted by atomic mass is 19.1. The number of fused-ring (bicyclic) bond motifs is 1. The van der Waals surface area contributed by atoms with Crippen LogP contribution in [0.4, 0.5) is 14.5 Å². The van der Waals surface area contributed by atoms with Crippen LogP contribution < -0.4 is 20.2 Å². The van der Waals surface area contributed by atoms with Crippen LogP contribution in [0.5, 0.6) is 17.2 Å². The van der Waals surface area contributed by atoms with Gasteiger partial charge in [-0.1, -0.05) is 12.1 Å². The second-order valence-electron chi connectivity index (χ2n) is 9.59. The predicted molar refractivity (Wildman–Crippen MR) is 152 cm³/mol. The van der Waals surface area contributed by atoms with Crippen LogP contribution in [-0.4, -0.2) is 27.6 Å². The summed E-state index contributed by atoms with van der Waals surface area (Å²) in [6.07, 6.45) is 4.50. The van der Waals surface area contributed by atoms with Crippen molar-refractivity contribution in [3.8, 4) is 28.4 Å². The molecule has 0 aliphatic heterocycles. The maximum atomic E-state index is 15.1. The minimum absolute atomic E-state index is 0.0740. The highest BCUT2D eigenvalue weighted by Crippen LogP contribution is 2.32. The molecule has 0 saturated heterocycles.